The van der Waals surface area contributed by atoms with Gasteiger partial charge in [0.2, 0.25) is 0 Å². The molecule has 1 aromatic heterocycles. The normalized spacial score (nSPS) is 14.4. The van der Waals surface area contributed by atoms with E-state index >= 15 is 0 Å². The number of ether oxygens (including phenoxy) is 1. The van der Waals surface area contributed by atoms with Crippen molar-refractivity contribution < 1.29 is 4.74 Å². The van der Waals surface area contributed by atoms with E-state index in [4.69, 9.17) is 4.74 Å². The van der Waals surface area contributed by atoms with Crippen molar-refractivity contribution in [2.24, 2.45) is 0 Å². The van der Waals surface area contributed by atoms with Crippen LogP contribution in [-0.2, 0) is 13.1 Å². The predicted molar refractivity (Wildman–Crippen MR) is 120 cm³/mol. The highest BCUT2D eigenvalue weighted by Gasteiger charge is 2.18. The number of thioether (sulfide) groups is 1. The Kier molecular flexibility index (Phi) is 7.24. The highest BCUT2D eigenvalue weighted by Crippen LogP contribution is 2.22. The largest absolute Gasteiger partial charge is 0.493 e. The molecule has 1 aliphatic heterocycles. The zero-order valence-electron chi connectivity index (χ0n) is 16.3. The number of benzene rings is 2. The fraction of sp³-hybridized carbons (Fsp3) is 0.364. The van der Waals surface area contributed by atoms with Crippen molar-refractivity contribution >= 4 is 27.7 Å². The maximum atomic E-state index is 5.86. The molecule has 4 rings (SSSR count). The summed E-state index contributed by atoms with van der Waals surface area (Å²) in [6.45, 7) is 4.60. The van der Waals surface area contributed by atoms with Gasteiger partial charge in [0.05, 0.1) is 19.7 Å². The maximum absolute atomic E-state index is 5.86. The van der Waals surface area contributed by atoms with Gasteiger partial charge in [-0.1, -0.05) is 64.1 Å². The number of aromatic nitrogens is 3. The number of nitrogens with zero attached hydrogens (tertiary/aromatic N) is 4. The number of hydrogen-bond donors (Lipinski definition) is 0. The Morgan fingerprint density at radius 3 is 2.59 bits per heavy atom. The van der Waals surface area contributed by atoms with Crippen LogP contribution in [0.15, 0.2) is 64.2 Å². The van der Waals surface area contributed by atoms with Gasteiger partial charge in [-0.2, -0.15) is 0 Å². The molecule has 29 heavy (non-hydrogen) atoms. The monoisotopic (exact) mass is 472 g/mol. The standard InChI is InChI=1S/C22H25BrN4OS/c23-19-9-6-10-20(15-19)28-13-14-29-22-25-24-21(17-26-11-4-5-12-26)27(22)16-18-7-2-1-3-8-18/h1-3,6-10,15H,4-5,11-14,16-17H2. The first kappa shape index (κ1) is 20.4. The minimum absolute atomic E-state index is 0.626. The van der Waals surface area contributed by atoms with Crippen molar-refractivity contribution in [2.45, 2.75) is 31.1 Å². The number of likely N-dealkylation sites (tertiary alicyclic amines) is 1. The topological polar surface area (TPSA) is 43.2 Å². The second-order valence-electron chi connectivity index (χ2n) is 7.11. The minimum atomic E-state index is 0.626. The number of halogens is 1. The Morgan fingerprint density at radius 2 is 1.79 bits per heavy atom. The van der Waals surface area contributed by atoms with E-state index in [-0.39, 0.29) is 0 Å². The average Bonchev–Trinajstić information content (AvgIpc) is 3.38. The molecule has 1 saturated heterocycles. The third-order valence-electron chi connectivity index (χ3n) is 4.92. The van der Waals surface area contributed by atoms with Gasteiger partial charge in [0.25, 0.3) is 0 Å². The van der Waals surface area contributed by atoms with Crippen LogP contribution in [0.4, 0.5) is 0 Å². The van der Waals surface area contributed by atoms with E-state index in [0.29, 0.717) is 6.61 Å². The van der Waals surface area contributed by atoms with E-state index in [9.17, 15) is 0 Å². The highest BCUT2D eigenvalue weighted by atomic mass is 79.9. The summed E-state index contributed by atoms with van der Waals surface area (Å²) in [6, 6.07) is 18.5. The van der Waals surface area contributed by atoms with Gasteiger partial charge >= 0.3 is 0 Å². The van der Waals surface area contributed by atoms with Gasteiger partial charge in [-0.3, -0.25) is 4.90 Å². The third kappa shape index (κ3) is 5.84. The lowest BCUT2D eigenvalue weighted by Gasteiger charge is -2.16. The van der Waals surface area contributed by atoms with Gasteiger partial charge in [-0.05, 0) is 49.7 Å². The number of hydrogen-bond acceptors (Lipinski definition) is 5. The molecule has 0 aliphatic carbocycles. The predicted octanol–water partition coefficient (Wildman–Crippen LogP) is 4.86. The Balaban J connectivity index is 1.41. The quantitative estimate of drug-likeness (QED) is 0.328. The molecule has 1 fully saturated rings. The first-order valence-electron chi connectivity index (χ1n) is 9.97. The van der Waals surface area contributed by atoms with Crippen LogP contribution in [0.2, 0.25) is 0 Å². The lowest BCUT2D eigenvalue weighted by Crippen LogP contribution is -2.21. The zero-order valence-corrected chi connectivity index (χ0v) is 18.7. The van der Waals surface area contributed by atoms with Crippen molar-refractivity contribution in [1.82, 2.24) is 19.7 Å². The van der Waals surface area contributed by atoms with Gasteiger partial charge < -0.3 is 9.30 Å². The molecule has 5 nitrogen and oxygen atoms in total. The minimum Gasteiger partial charge on any atom is -0.493 e. The van der Waals surface area contributed by atoms with Crippen molar-refractivity contribution in [3.8, 4) is 5.75 Å². The van der Waals surface area contributed by atoms with Gasteiger partial charge in [0.15, 0.2) is 5.16 Å². The lowest BCUT2D eigenvalue weighted by atomic mass is 10.2. The Bertz CT molecular complexity index is 912. The molecule has 7 heteroatoms. The van der Waals surface area contributed by atoms with Crippen LogP contribution in [0, 0.1) is 0 Å². The summed E-state index contributed by atoms with van der Waals surface area (Å²) in [6.07, 6.45) is 2.56. The molecule has 0 amide bonds. The van der Waals surface area contributed by atoms with E-state index in [1.165, 1.54) is 18.4 Å². The molecule has 0 saturated carbocycles. The molecule has 3 aromatic rings. The fourth-order valence-corrected chi connectivity index (χ4v) is 4.61. The highest BCUT2D eigenvalue weighted by molar-refractivity contribution is 9.10. The van der Waals surface area contributed by atoms with E-state index < -0.39 is 0 Å². The summed E-state index contributed by atoms with van der Waals surface area (Å²) >= 11 is 5.18. The first-order valence-corrected chi connectivity index (χ1v) is 11.8. The second kappa shape index (κ2) is 10.3. The zero-order chi connectivity index (χ0) is 19.9. The molecule has 0 bridgehead atoms. The molecule has 0 N–H and O–H groups in total. The lowest BCUT2D eigenvalue weighted by molar-refractivity contribution is 0.316. The van der Waals surface area contributed by atoms with Crippen LogP contribution >= 0.6 is 27.7 Å². The number of rotatable bonds is 9. The van der Waals surface area contributed by atoms with Crippen molar-refractivity contribution in [2.75, 3.05) is 25.4 Å². The van der Waals surface area contributed by atoms with Crippen LogP contribution in [0.3, 0.4) is 0 Å². The van der Waals surface area contributed by atoms with E-state index in [0.717, 1.165) is 53.1 Å². The molecule has 0 spiro atoms. The Morgan fingerprint density at radius 1 is 0.966 bits per heavy atom. The van der Waals surface area contributed by atoms with Crippen molar-refractivity contribution in [3.63, 3.8) is 0 Å². The van der Waals surface area contributed by atoms with E-state index in [1.807, 2.05) is 24.3 Å². The molecular formula is C22H25BrN4OS. The summed E-state index contributed by atoms with van der Waals surface area (Å²) in [5.74, 6) is 2.75. The summed E-state index contributed by atoms with van der Waals surface area (Å²) in [5, 5.41) is 9.99. The second-order valence-corrected chi connectivity index (χ2v) is 9.09. The van der Waals surface area contributed by atoms with Crippen LogP contribution in [0.1, 0.15) is 24.2 Å². The van der Waals surface area contributed by atoms with Crippen molar-refractivity contribution in [3.05, 3.63) is 70.5 Å². The summed E-state index contributed by atoms with van der Waals surface area (Å²) in [4.78, 5) is 2.47. The molecular weight excluding hydrogens is 448 g/mol. The van der Waals surface area contributed by atoms with E-state index in [1.54, 1.807) is 11.8 Å². The Labute approximate surface area is 184 Å². The Hall–Kier alpha value is -1.83. The smallest absolute Gasteiger partial charge is 0.191 e. The van der Waals surface area contributed by atoms with Crippen LogP contribution in [0.25, 0.3) is 0 Å². The molecule has 0 atom stereocenters. The summed E-state index contributed by atoms with van der Waals surface area (Å²) in [5.41, 5.74) is 1.27. The van der Waals surface area contributed by atoms with Gasteiger partial charge in [0.1, 0.15) is 11.6 Å². The van der Waals surface area contributed by atoms with Gasteiger partial charge in [-0.15, -0.1) is 10.2 Å². The third-order valence-corrected chi connectivity index (χ3v) is 6.34. The summed E-state index contributed by atoms with van der Waals surface area (Å²) in [7, 11) is 0. The van der Waals surface area contributed by atoms with Gasteiger partial charge in [0, 0.05) is 10.2 Å². The first-order chi connectivity index (χ1) is 14.3. The molecule has 2 heterocycles. The van der Waals surface area contributed by atoms with Crippen LogP contribution in [0.5, 0.6) is 5.75 Å². The van der Waals surface area contributed by atoms with Gasteiger partial charge in [-0.25, -0.2) is 0 Å². The van der Waals surface area contributed by atoms with Crippen LogP contribution < -0.4 is 4.74 Å². The molecule has 0 radical (unpaired) electrons. The molecule has 0 unspecified atom stereocenters. The summed E-state index contributed by atoms with van der Waals surface area (Å²) < 4.78 is 9.15. The maximum Gasteiger partial charge on any atom is 0.191 e. The average molecular weight is 473 g/mol. The fourth-order valence-electron chi connectivity index (χ4n) is 3.46. The molecule has 1 aliphatic rings. The van der Waals surface area contributed by atoms with E-state index in [2.05, 4.69) is 65.9 Å². The SMILES string of the molecule is Brc1cccc(OCCSc2nnc(CN3CCCC3)n2Cc2ccccc2)c1. The molecule has 152 valence electrons. The van der Waals surface area contributed by atoms with Crippen molar-refractivity contribution in [1.29, 1.82) is 0 Å². The van der Waals surface area contributed by atoms with Crippen LogP contribution in [-0.4, -0.2) is 45.1 Å². The molecule has 2 aromatic carbocycles.